The fourth-order valence-electron chi connectivity index (χ4n) is 2.01. The minimum atomic E-state index is -0.0646. The summed E-state index contributed by atoms with van der Waals surface area (Å²) in [7, 11) is 2.08. The monoisotopic (exact) mass is 332 g/mol. The summed E-state index contributed by atoms with van der Waals surface area (Å²) in [6, 6.07) is 8.27. The Morgan fingerprint density at radius 3 is 2.38 bits per heavy atom. The van der Waals surface area contributed by atoms with E-state index in [9.17, 15) is 5.21 Å². The smallest absolute Gasteiger partial charge is 0.104 e. The Hall–Kier alpha value is -0.170. The molecule has 3 nitrogen and oxygen atoms in total. The molecule has 0 saturated carbocycles. The third-order valence-corrected chi connectivity index (χ3v) is 3.88. The number of hydroxylamine groups is 3. The van der Waals surface area contributed by atoms with Gasteiger partial charge in [0.2, 0.25) is 0 Å². The number of likely N-dealkylation sites (N-methyl/N-ethyl adjacent to an activating group) is 1. The first-order valence-electron chi connectivity index (χ1n) is 5.57. The largest absolute Gasteiger partial charge is 0.632 e. The molecule has 16 heavy (non-hydrogen) atoms. The lowest BCUT2D eigenvalue weighted by Crippen LogP contribution is -2.54. The average Bonchev–Trinajstić information content (AvgIpc) is 2.27. The van der Waals surface area contributed by atoms with Gasteiger partial charge in [-0.25, -0.2) is 0 Å². The van der Waals surface area contributed by atoms with Crippen LogP contribution in [0, 0.1) is 8.78 Å². The van der Waals surface area contributed by atoms with E-state index < -0.39 is 0 Å². The lowest BCUT2D eigenvalue weighted by atomic mass is 10.2. The molecular weight excluding hydrogens is 315 g/mol. The maximum atomic E-state index is 12.4. The van der Waals surface area contributed by atoms with Crippen molar-refractivity contribution in [3.05, 3.63) is 38.6 Å². The molecule has 4 heteroatoms. The van der Waals surface area contributed by atoms with Gasteiger partial charge in [0.25, 0.3) is 0 Å². The summed E-state index contributed by atoms with van der Waals surface area (Å²) in [6.07, 6.45) is 0. The highest BCUT2D eigenvalue weighted by Gasteiger charge is 2.23. The summed E-state index contributed by atoms with van der Waals surface area (Å²) >= 11 is 2.28. The summed E-state index contributed by atoms with van der Waals surface area (Å²) < 4.78 is 1.16. The molecule has 0 aromatic heterocycles. The summed E-state index contributed by atoms with van der Waals surface area (Å²) in [4.78, 5) is 2.22. The average molecular weight is 332 g/mol. The number of halogens is 1. The van der Waals surface area contributed by atoms with Gasteiger partial charge in [-0.1, -0.05) is 12.1 Å². The summed E-state index contributed by atoms with van der Waals surface area (Å²) in [5, 5.41) is 12.4. The first-order valence-corrected chi connectivity index (χ1v) is 6.65. The highest BCUT2D eigenvalue weighted by molar-refractivity contribution is 14.1. The standard InChI is InChI=1S/C12H17IN2O/c1-14-6-8-15(16,9-7-14)10-11-2-4-12(13)5-3-11/h2-5H,6-10H2,1H3. The Morgan fingerprint density at radius 1 is 1.25 bits per heavy atom. The number of rotatable bonds is 2. The second-order valence-electron chi connectivity index (χ2n) is 4.59. The van der Waals surface area contributed by atoms with Gasteiger partial charge < -0.3 is 9.85 Å². The predicted molar refractivity (Wildman–Crippen MR) is 73.7 cm³/mol. The number of hydrogen-bond acceptors (Lipinski definition) is 2. The summed E-state index contributed by atoms with van der Waals surface area (Å²) in [6.45, 7) is 3.86. The van der Waals surface area contributed by atoms with E-state index in [1.165, 1.54) is 3.57 Å². The first-order chi connectivity index (χ1) is 7.57. The van der Waals surface area contributed by atoms with Crippen LogP contribution < -0.4 is 0 Å². The van der Waals surface area contributed by atoms with E-state index in [1.54, 1.807) is 0 Å². The van der Waals surface area contributed by atoms with Crippen LogP contribution in [0.1, 0.15) is 5.56 Å². The molecule has 0 radical (unpaired) electrons. The lowest BCUT2D eigenvalue weighted by Gasteiger charge is -2.47. The van der Waals surface area contributed by atoms with E-state index in [0.29, 0.717) is 19.6 Å². The van der Waals surface area contributed by atoms with Crippen LogP contribution in [-0.2, 0) is 6.54 Å². The third-order valence-electron chi connectivity index (χ3n) is 3.16. The normalized spacial score (nSPS) is 20.9. The quantitative estimate of drug-likeness (QED) is 0.471. The van der Waals surface area contributed by atoms with Crippen molar-refractivity contribution in [2.45, 2.75) is 6.54 Å². The topological polar surface area (TPSA) is 26.3 Å². The molecule has 1 aromatic rings. The van der Waals surface area contributed by atoms with Crippen LogP contribution in [0.3, 0.4) is 0 Å². The second-order valence-corrected chi connectivity index (χ2v) is 5.84. The Bertz CT molecular complexity index is 345. The van der Waals surface area contributed by atoms with Crippen LogP contribution in [0.4, 0.5) is 0 Å². The third kappa shape index (κ3) is 3.16. The molecule has 0 unspecified atom stereocenters. The zero-order valence-corrected chi connectivity index (χ0v) is 11.7. The molecule has 1 aliphatic heterocycles. The van der Waals surface area contributed by atoms with Gasteiger partial charge in [0.15, 0.2) is 0 Å². The van der Waals surface area contributed by atoms with E-state index in [-0.39, 0.29) is 4.65 Å². The van der Waals surface area contributed by atoms with Gasteiger partial charge in [-0.3, -0.25) is 4.90 Å². The Labute approximate surface area is 110 Å². The second kappa shape index (κ2) is 5.00. The Balaban J connectivity index is 2.00. The minimum Gasteiger partial charge on any atom is -0.632 e. The van der Waals surface area contributed by atoms with Gasteiger partial charge in [-0.05, 0) is 41.8 Å². The molecular formula is C12H17IN2O. The molecule has 2 rings (SSSR count). The summed E-state index contributed by atoms with van der Waals surface area (Å²) in [5.41, 5.74) is 1.15. The fourth-order valence-corrected chi connectivity index (χ4v) is 2.37. The minimum absolute atomic E-state index is 0.0646. The molecule has 0 spiro atoms. The number of benzene rings is 1. The van der Waals surface area contributed by atoms with E-state index in [2.05, 4.69) is 58.8 Å². The van der Waals surface area contributed by atoms with Crippen LogP contribution in [0.5, 0.6) is 0 Å². The van der Waals surface area contributed by atoms with Crippen molar-refractivity contribution in [1.82, 2.24) is 4.90 Å². The van der Waals surface area contributed by atoms with Gasteiger partial charge in [0.05, 0.1) is 13.1 Å². The van der Waals surface area contributed by atoms with Gasteiger partial charge >= 0.3 is 0 Å². The molecule has 1 fully saturated rings. The number of quaternary nitrogens is 1. The first kappa shape index (κ1) is 12.3. The van der Waals surface area contributed by atoms with Crippen molar-refractivity contribution in [3.8, 4) is 0 Å². The van der Waals surface area contributed by atoms with E-state index in [4.69, 9.17) is 0 Å². The molecule has 0 aliphatic carbocycles. The van der Waals surface area contributed by atoms with Crippen LogP contribution in [0.25, 0.3) is 0 Å². The number of nitrogens with zero attached hydrogens (tertiary/aromatic N) is 2. The van der Waals surface area contributed by atoms with E-state index >= 15 is 0 Å². The van der Waals surface area contributed by atoms with Crippen molar-refractivity contribution < 1.29 is 4.65 Å². The predicted octanol–water partition coefficient (Wildman–Crippen LogP) is 2.05. The summed E-state index contributed by atoms with van der Waals surface area (Å²) in [5.74, 6) is 0. The van der Waals surface area contributed by atoms with Crippen LogP contribution in [0.2, 0.25) is 0 Å². The molecule has 1 aromatic carbocycles. The van der Waals surface area contributed by atoms with Crippen molar-refractivity contribution in [1.29, 1.82) is 0 Å². The van der Waals surface area contributed by atoms with Gasteiger partial charge in [-0.2, -0.15) is 0 Å². The number of piperazine rings is 1. The number of hydrogen-bond donors (Lipinski definition) is 0. The van der Waals surface area contributed by atoms with Crippen molar-refractivity contribution in [3.63, 3.8) is 0 Å². The van der Waals surface area contributed by atoms with Crippen molar-refractivity contribution >= 4 is 22.6 Å². The van der Waals surface area contributed by atoms with Crippen molar-refractivity contribution in [2.75, 3.05) is 33.2 Å². The molecule has 1 saturated heterocycles. The highest BCUT2D eigenvalue weighted by Crippen LogP contribution is 2.17. The van der Waals surface area contributed by atoms with Gasteiger partial charge in [0.1, 0.15) is 6.54 Å². The van der Waals surface area contributed by atoms with E-state index in [1.807, 2.05) is 0 Å². The van der Waals surface area contributed by atoms with Crippen LogP contribution in [0.15, 0.2) is 24.3 Å². The Kier molecular flexibility index (Phi) is 3.84. The van der Waals surface area contributed by atoms with E-state index in [0.717, 1.165) is 18.7 Å². The maximum Gasteiger partial charge on any atom is 0.104 e. The molecule has 0 amide bonds. The zero-order valence-electron chi connectivity index (χ0n) is 9.53. The maximum absolute atomic E-state index is 12.4. The Morgan fingerprint density at radius 2 is 1.81 bits per heavy atom. The lowest BCUT2D eigenvalue weighted by molar-refractivity contribution is -0.898. The molecule has 88 valence electrons. The molecule has 1 aliphatic rings. The molecule has 0 N–H and O–H groups in total. The zero-order chi connectivity index (χ0) is 11.6. The van der Waals surface area contributed by atoms with Gasteiger partial charge in [0, 0.05) is 22.2 Å². The molecule has 0 atom stereocenters. The van der Waals surface area contributed by atoms with Crippen molar-refractivity contribution in [2.24, 2.45) is 0 Å². The fraction of sp³-hybridized carbons (Fsp3) is 0.500. The van der Waals surface area contributed by atoms with Crippen LogP contribution >= 0.6 is 22.6 Å². The molecule has 1 heterocycles. The molecule has 0 bridgehead atoms. The van der Waals surface area contributed by atoms with Crippen LogP contribution in [-0.4, -0.2) is 42.8 Å². The van der Waals surface area contributed by atoms with Gasteiger partial charge in [-0.15, -0.1) is 0 Å². The SMILES string of the molecule is CN1CC[N+]([O-])(Cc2ccc(I)cc2)CC1. The highest BCUT2D eigenvalue weighted by atomic mass is 127.